The number of likely N-dealkylation sites (N-methyl/N-ethyl adjacent to an activating group) is 1. The molecule has 0 aromatic heterocycles. The van der Waals surface area contributed by atoms with E-state index in [0.29, 0.717) is 22.3 Å². The molecule has 0 spiro atoms. The summed E-state index contributed by atoms with van der Waals surface area (Å²) in [5.74, 6) is 1.41. The predicted molar refractivity (Wildman–Crippen MR) is 86.4 cm³/mol. The van der Waals surface area contributed by atoms with Gasteiger partial charge in [0, 0.05) is 5.02 Å². The second-order valence-electron chi connectivity index (χ2n) is 6.28. The fraction of sp³-hybridized carbons (Fsp3) is 0.588. The molecule has 0 amide bonds. The monoisotopic (exact) mass is 309 g/mol. The van der Waals surface area contributed by atoms with E-state index in [-0.39, 0.29) is 5.78 Å². The van der Waals surface area contributed by atoms with Crippen LogP contribution in [0, 0.1) is 5.92 Å². The summed E-state index contributed by atoms with van der Waals surface area (Å²) in [5, 5.41) is 0.567. The van der Waals surface area contributed by atoms with Gasteiger partial charge in [-0.2, -0.15) is 0 Å². The van der Waals surface area contributed by atoms with Gasteiger partial charge < -0.3 is 4.74 Å². The van der Waals surface area contributed by atoms with Crippen molar-refractivity contribution < 1.29 is 9.53 Å². The molecule has 0 heterocycles. The predicted octanol–water partition coefficient (Wildman–Crippen LogP) is 4.04. The Labute approximate surface area is 132 Å². The average molecular weight is 310 g/mol. The molecule has 0 bridgehead atoms. The van der Waals surface area contributed by atoms with E-state index in [4.69, 9.17) is 16.3 Å². The highest BCUT2D eigenvalue weighted by atomic mass is 35.5. The quantitative estimate of drug-likeness (QED) is 0.786. The van der Waals surface area contributed by atoms with E-state index in [0.717, 1.165) is 25.7 Å². The summed E-state index contributed by atoms with van der Waals surface area (Å²) >= 11 is 6.08. The van der Waals surface area contributed by atoms with Gasteiger partial charge in [-0.1, -0.05) is 18.5 Å². The fourth-order valence-electron chi connectivity index (χ4n) is 3.23. The van der Waals surface area contributed by atoms with Crippen LogP contribution in [0.4, 0.5) is 0 Å². The fourth-order valence-corrected chi connectivity index (χ4v) is 3.40. The molecule has 1 fully saturated rings. The number of ether oxygens (including phenoxy) is 1. The summed E-state index contributed by atoms with van der Waals surface area (Å²) in [6, 6.07) is 5.25. The molecule has 0 unspecified atom stereocenters. The van der Waals surface area contributed by atoms with Crippen molar-refractivity contribution in [3.63, 3.8) is 0 Å². The van der Waals surface area contributed by atoms with Gasteiger partial charge >= 0.3 is 0 Å². The topological polar surface area (TPSA) is 29.5 Å². The summed E-state index contributed by atoms with van der Waals surface area (Å²) in [6.07, 6.45) is 3.92. The molecule has 116 valence electrons. The lowest BCUT2D eigenvalue weighted by molar-refractivity contribution is 0.0510. The van der Waals surface area contributed by atoms with E-state index < -0.39 is 5.54 Å². The van der Waals surface area contributed by atoms with E-state index in [1.54, 1.807) is 25.3 Å². The molecule has 0 saturated heterocycles. The number of benzene rings is 1. The van der Waals surface area contributed by atoms with Crippen molar-refractivity contribution in [3.8, 4) is 5.75 Å². The van der Waals surface area contributed by atoms with E-state index in [9.17, 15) is 4.79 Å². The van der Waals surface area contributed by atoms with Crippen molar-refractivity contribution in [1.82, 2.24) is 4.90 Å². The Morgan fingerprint density at radius 2 is 1.95 bits per heavy atom. The van der Waals surface area contributed by atoms with Gasteiger partial charge in [-0.05, 0) is 63.9 Å². The molecule has 21 heavy (non-hydrogen) atoms. The highest BCUT2D eigenvalue weighted by Gasteiger charge is 2.44. The van der Waals surface area contributed by atoms with Crippen LogP contribution < -0.4 is 4.74 Å². The minimum Gasteiger partial charge on any atom is -0.496 e. The Hall–Kier alpha value is -1.06. The molecule has 0 N–H and O–H groups in total. The van der Waals surface area contributed by atoms with Crippen molar-refractivity contribution >= 4 is 17.4 Å². The number of rotatable bonds is 4. The summed E-state index contributed by atoms with van der Waals surface area (Å²) in [6.45, 7) is 2.25. The van der Waals surface area contributed by atoms with Crippen molar-refractivity contribution in [2.75, 3.05) is 21.2 Å². The molecule has 0 aliphatic heterocycles. The SMILES string of the molecule is COc1ccc(Cl)cc1C(=O)C1(N(C)C)CCC(C)CC1. The highest BCUT2D eigenvalue weighted by molar-refractivity contribution is 6.31. The van der Waals surface area contributed by atoms with Gasteiger partial charge in [0.05, 0.1) is 18.2 Å². The van der Waals surface area contributed by atoms with Crippen LogP contribution in [0.25, 0.3) is 0 Å². The minimum absolute atomic E-state index is 0.124. The number of carbonyl (C=O) groups is 1. The standard InChI is InChI=1S/C17H24ClNO2/c1-12-7-9-17(10-8-12,19(2)3)16(20)14-11-13(18)5-6-15(14)21-4/h5-6,11-12H,7-10H2,1-4H3. The molecule has 1 aromatic rings. The lowest BCUT2D eigenvalue weighted by Crippen LogP contribution is -2.53. The van der Waals surface area contributed by atoms with Crippen LogP contribution in [0.3, 0.4) is 0 Å². The number of methoxy groups -OCH3 is 1. The molecule has 3 nitrogen and oxygen atoms in total. The third-order valence-electron chi connectivity index (χ3n) is 4.79. The summed E-state index contributed by atoms with van der Waals surface area (Å²) in [4.78, 5) is 15.3. The number of hydrogen-bond acceptors (Lipinski definition) is 3. The maximum Gasteiger partial charge on any atom is 0.186 e. The van der Waals surface area contributed by atoms with Crippen LogP contribution >= 0.6 is 11.6 Å². The molecule has 1 saturated carbocycles. The van der Waals surface area contributed by atoms with Gasteiger partial charge in [-0.15, -0.1) is 0 Å². The molecular weight excluding hydrogens is 286 g/mol. The van der Waals surface area contributed by atoms with Crippen molar-refractivity contribution in [2.45, 2.75) is 38.1 Å². The number of nitrogens with zero attached hydrogens (tertiary/aromatic N) is 1. The van der Waals surface area contributed by atoms with Gasteiger partial charge in [-0.25, -0.2) is 0 Å². The molecule has 4 heteroatoms. The van der Waals surface area contributed by atoms with Gasteiger partial charge in [-0.3, -0.25) is 9.69 Å². The van der Waals surface area contributed by atoms with E-state index >= 15 is 0 Å². The number of hydrogen-bond donors (Lipinski definition) is 0. The highest BCUT2D eigenvalue weighted by Crippen LogP contribution is 2.39. The van der Waals surface area contributed by atoms with Gasteiger partial charge in [0.25, 0.3) is 0 Å². The lowest BCUT2D eigenvalue weighted by Gasteiger charge is -2.43. The minimum atomic E-state index is -0.440. The van der Waals surface area contributed by atoms with Crippen molar-refractivity contribution in [3.05, 3.63) is 28.8 Å². The number of Topliss-reactive ketones (excluding diaryl/α,β-unsaturated/α-hetero) is 1. The second-order valence-corrected chi connectivity index (χ2v) is 6.72. The number of carbonyl (C=O) groups excluding carboxylic acids is 1. The Bertz CT molecular complexity index is 520. The third kappa shape index (κ3) is 3.09. The zero-order chi connectivity index (χ0) is 15.6. The normalized spacial score (nSPS) is 25.9. The first-order valence-corrected chi connectivity index (χ1v) is 7.84. The van der Waals surface area contributed by atoms with E-state index in [2.05, 4.69) is 11.8 Å². The lowest BCUT2D eigenvalue weighted by atomic mass is 9.72. The van der Waals surface area contributed by atoms with Gasteiger partial charge in [0.15, 0.2) is 5.78 Å². The van der Waals surface area contributed by atoms with Crippen LogP contribution in [0.1, 0.15) is 43.0 Å². The smallest absolute Gasteiger partial charge is 0.186 e. The molecule has 0 radical (unpaired) electrons. The Kier molecular flexibility index (Phi) is 4.95. The molecule has 1 aromatic carbocycles. The first-order chi connectivity index (χ1) is 9.90. The molecule has 0 atom stereocenters. The second kappa shape index (κ2) is 6.37. The van der Waals surface area contributed by atoms with E-state index in [1.807, 2.05) is 14.1 Å². The Morgan fingerprint density at radius 3 is 2.48 bits per heavy atom. The van der Waals surface area contributed by atoms with Crippen LogP contribution in [-0.4, -0.2) is 37.4 Å². The largest absolute Gasteiger partial charge is 0.496 e. The van der Waals surface area contributed by atoms with Crippen molar-refractivity contribution in [2.24, 2.45) is 5.92 Å². The molecule has 2 rings (SSSR count). The maximum atomic E-state index is 13.2. The molecule has 1 aliphatic rings. The van der Waals surface area contributed by atoms with Crippen LogP contribution in [0.2, 0.25) is 5.02 Å². The number of halogens is 1. The summed E-state index contributed by atoms with van der Waals surface area (Å²) in [5.41, 5.74) is 0.151. The zero-order valence-corrected chi connectivity index (χ0v) is 14.0. The van der Waals surface area contributed by atoms with Crippen molar-refractivity contribution in [1.29, 1.82) is 0 Å². The van der Waals surface area contributed by atoms with Crippen LogP contribution in [0.15, 0.2) is 18.2 Å². The third-order valence-corrected chi connectivity index (χ3v) is 5.02. The first kappa shape index (κ1) is 16.3. The maximum absolute atomic E-state index is 13.2. The van der Waals surface area contributed by atoms with Gasteiger partial charge in [0.1, 0.15) is 5.75 Å². The molecular formula is C17H24ClNO2. The zero-order valence-electron chi connectivity index (χ0n) is 13.3. The first-order valence-electron chi connectivity index (χ1n) is 7.46. The van der Waals surface area contributed by atoms with E-state index in [1.165, 1.54) is 0 Å². The number of ketones is 1. The molecule has 1 aliphatic carbocycles. The Morgan fingerprint density at radius 1 is 1.33 bits per heavy atom. The van der Waals surface area contributed by atoms with Crippen LogP contribution in [0.5, 0.6) is 5.75 Å². The summed E-state index contributed by atoms with van der Waals surface area (Å²) < 4.78 is 5.36. The average Bonchev–Trinajstić information content (AvgIpc) is 2.47. The Balaban J connectivity index is 2.42. The van der Waals surface area contributed by atoms with Crippen LogP contribution in [-0.2, 0) is 0 Å². The van der Waals surface area contributed by atoms with Gasteiger partial charge in [0.2, 0.25) is 0 Å². The summed E-state index contributed by atoms with van der Waals surface area (Å²) in [7, 11) is 5.57.